The zero-order valence-corrected chi connectivity index (χ0v) is 7.51. The fourth-order valence-corrected chi connectivity index (χ4v) is 2.10. The van der Waals surface area contributed by atoms with Crippen LogP contribution in [0.2, 0.25) is 0 Å². The molecule has 0 aromatic heterocycles. The molecule has 1 aliphatic heterocycles. The van der Waals surface area contributed by atoms with Crippen LogP contribution in [0, 0.1) is 5.41 Å². The van der Waals surface area contributed by atoms with Crippen molar-refractivity contribution in [1.29, 1.82) is 0 Å². The van der Waals surface area contributed by atoms with E-state index < -0.39 is 0 Å². The number of nitrogens with zero attached hydrogens (tertiary/aromatic N) is 1. The van der Waals surface area contributed by atoms with Crippen molar-refractivity contribution in [3.63, 3.8) is 0 Å². The standard InChI is InChI=1S/C9H15NO2/c1-2-12-8(11)10-6-9(7-10)4-3-5-9/h2-7H2,1H3. The molecule has 2 fully saturated rings. The van der Waals surface area contributed by atoms with Crippen molar-refractivity contribution in [3.05, 3.63) is 0 Å². The molecule has 2 aliphatic rings. The molecule has 0 radical (unpaired) electrons. The Morgan fingerprint density at radius 1 is 1.50 bits per heavy atom. The molecular formula is C9H15NO2. The summed E-state index contributed by atoms with van der Waals surface area (Å²) in [5.74, 6) is 0. The second kappa shape index (κ2) is 2.64. The maximum Gasteiger partial charge on any atom is 0.409 e. The Bertz CT molecular complexity index is 191. The number of carbonyl (C=O) groups excluding carboxylic acids is 1. The lowest BCUT2D eigenvalue weighted by atomic mass is 9.64. The van der Waals surface area contributed by atoms with Crippen molar-refractivity contribution >= 4 is 6.09 Å². The van der Waals surface area contributed by atoms with Gasteiger partial charge < -0.3 is 9.64 Å². The minimum Gasteiger partial charge on any atom is -0.450 e. The molecule has 68 valence electrons. The summed E-state index contributed by atoms with van der Waals surface area (Å²) in [6.45, 7) is 4.21. The van der Waals surface area contributed by atoms with E-state index in [0.29, 0.717) is 12.0 Å². The predicted molar refractivity (Wildman–Crippen MR) is 44.9 cm³/mol. The van der Waals surface area contributed by atoms with Crippen LogP contribution in [-0.2, 0) is 4.74 Å². The number of hydrogen-bond donors (Lipinski definition) is 0. The summed E-state index contributed by atoms with van der Waals surface area (Å²) in [5.41, 5.74) is 0.521. The number of hydrogen-bond acceptors (Lipinski definition) is 2. The lowest BCUT2D eigenvalue weighted by Gasteiger charge is -2.55. The molecular weight excluding hydrogens is 154 g/mol. The van der Waals surface area contributed by atoms with Crippen LogP contribution in [0.3, 0.4) is 0 Å². The van der Waals surface area contributed by atoms with Gasteiger partial charge in [-0.2, -0.15) is 0 Å². The molecule has 2 rings (SSSR count). The summed E-state index contributed by atoms with van der Waals surface area (Å²) in [7, 11) is 0. The van der Waals surface area contributed by atoms with Crippen LogP contribution in [0.4, 0.5) is 4.79 Å². The Labute approximate surface area is 72.7 Å². The van der Waals surface area contributed by atoms with Gasteiger partial charge in [0.1, 0.15) is 0 Å². The molecule has 1 heterocycles. The highest BCUT2D eigenvalue weighted by Gasteiger charge is 2.49. The van der Waals surface area contributed by atoms with Crippen molar-refractivity contribution in [2.75, 3.05) is 19.7 Å². The van der Waals surface area contributed by atoms with Crippen molar-refractivity contribution in [2.24, 2.45) is 5.41 Å². The molecule has 0 bridgehead atoms. The zero-order valence-electron chi connectivity index (χ0n) is 7.51. The Morgan fingerprint density at radius 2 is 2.17 bits per heavy atom. The highest BCUT2D eigenvalue weighted by molar-refractivity contribution is 5.69. The van der Waals surface area contributed by atoms with Gasteiger partial charge in [0.25, 0.3) is 0 Å². The third-order valence-electron chi connectivity index (χ3n) is 2.99. The lowest BCUT2D eigenvalue weighted by molar-refractivity contribution is -0.0517. The van der Waals surface area contributed by atoms with Gasteiger partial charge in [0.05, 0.1) is 6.61 Å². The highest BCUT2D eigenvalue weighted by atomic mass is 16.6. The molecule has 0 N–H and O–H groups in total. The van der Waals surface area contributed by atoms with Crippen LogP contribution in [0.5, 0.6) is 0 Å². The van der Waals surface area contributed by atoms with Gasteiger partial charge in [-0.05, 0) is 19.8 Å². The highest BCUT2D eigenvalue weighted by Crippen LogP contribution is 2.48. The van der Waals surface area contributed by atoms with Crippen LogP contribution >= 0.6 is 0 Å². The summed E-state index contributed by atoms with van der Waals surface area (Å²) in [5, 5.41) is 0. The molecule has 1 amide bonds. The van der Waals surface area contributed by atoms with Gasteiger partial charge in [0, 0.05) is 18.5 Å². The number of ether oxygens (including phenoxy) is 1. The SMILES string of the molecule is CCOC(=O)N1CC2(CCC2)C1. The second-order valence-corrected chi connectivity index (χ2v) is 3.91. The Kier molecular flexibility index (Phi) is 1.74. The van der Waals surface area contributed by atoms with Crippen LogP contribution < -0.4 is 0 Å². The molecule has 1 aliphatic carbocycles. The summed E-state index contributed by atoms with van der Waals surface area (Å²) in [6.07, 6.45) is 3.83. The molecule has 1 saturated heterocycles. The first-order valence-electron chi connectivity index (χ1n) is 4.67. The van der Waals surface area contributed by atoms with Crippen molar-refractivity contribution in [1.82, 2.24) is 4.90 Å². The molecule has 0 atom stereocenters. The van der Waals surface area contributed by atoms with E-state index in [1.807, 2.05) is 11.8 Å². The van der Waals surface area contributed by atoms with E-state index in [2.05, 4.69) is 0 Å². The summed E-state index contributed by atoms with van der Waals surface area (Å²) < 4.78 is 4.89. The van der Waals surface area contributed by atoms with Crippen LogP contribution in [0.15, 0.2) is 0 Å². The fraction of sp³-hybridized carbons (Fsp3) is 0.889. The summed E-state index contributed by atoms with van der Waals surface area (Å²) in [6, 6.07) is 0. The smallest absolute Gasteiger partial charge is 0.409 e. The summed E-state index contributed by atoms with van der Waals surface area (Å²) in [4.78, 5) is 13.0. The van der Waals surface area contributed by atoms with Crippen LogP contribution in [-0.4, -0.2) is 30.7 Å². The maximum atomic E-state index is 11.2. The van der Waals surface area contributed by atoms with E-state index in [-0.39, 0.29) is 6.09 Å². The Morgan fingerprint density at radius 3 is 2.58 bits per heavy atom. The van der Waals surface area contributed by atoms with Gasteiger partial charge in [-0.15, -0.1) is 0 Å². The predicted octanol–water partition coefficient (Wildman–Crippen LogP) is 1.63. The minimum atomic E-state index is -0.130. The second-order valence-electron chi connectivity index (χ2n) is 3.91. The topological polar surface area (TPSA) is 29.5 Å². The van der Waals surface area contributed by atoms with Crippen molar-refractivity contribution in [2.45, 2.75) is 26.2 Å². The molecule has 3 heteroatoms. The number of rotatable bonds is 1. The Balaban J connectivity index is 1.76. The summed E-state index contributed by atoms with van der Waals surface area (Å²) >= 11 is 0. The van der Waals surface area contributed by atoms with Gasteiger partial charge in [-0.1, -0.05) is 6.42 Å². The van der Waals surface area contributed by atoms with E-state index in [0.717, 1.165) is 13.1 Å². The molecule has 3 nitrogen and oxygen atoms in total. The van der Waals surface area contributed by atoms with Crippen molar-refractivity contribution < 1.29 is 9.53 Å². The average molecular weight is 169 g/mol. The van der Waals surface area contributed by atoms with E-state index in [9.17, 15) is 4.79 Å². The van der Waals surface area contributed by atoms with Crippen LogP contribution in [0.25, 0.3) is 0 Å². The van der Waals surface area contributed by atoms with Gasteiger partial charge in [0.2, 0.25) is 0 Å². The lowest BCUT2D eigenvalue weighted by Crippen LogP contribution is -2.61. The maximum absolute atomic E-state index is 11.2. The molecule has 0 aromatic carbocycles. The Hall–Kier alpha value is -0.730. The van der Waals surface area contributed by atoms with E-state index >= 15 is 0 Å². The molecule has 12 heavy (non-hydrogen) atoms. The van der Waals surface area contributed by atoms with Gasteiger partial charge in [0.15, 0.2) is 0 Å². The van der Waals surface area contributed by atoms with Gasteiger partial charge >= 0.3 is 6.09 Å². The normalized spacial score (nSPS) is 24.6. The fourth-order valence-electron chi connectivity index (χ4n) is 2.10. The molecule has 1 spiro atoms. The monoisotopic (exact) mass is 169 g/mol. The third kappa shape index (κ3) is 1.08. The van der Waals surface area contributed by atoms with Crippen molar-refractivity contribution in [3.8, 4) is 0 Å². The minimum absolute atomic E-state index is 0.130. The molecule has 1 saturated carbocycles. The largest absolute Gasteiger partial charge is 0.450 e. The van der Waals surface area contributed by atoms with E-state index in [1.54, 1.807) is 0 Å². The van der Waals surface area contributed by atoms with E-state index in [4.69, 9.17) is 4.74 Å². The number of amides is 1. The number of carbonyl (C=O) groups is 1. The first kappa shape index (κ1) is 7.90. The van der Waals surface area contributed by atoms with Gasteiger partial charge in [-0.25, -0.2) is 4.79 Å². The molecule has 0 unspecified atom stereocenters. The zero-order chi connectivity index (χ0) is 8.60. The number of likely N-dealkylation sites (tertiary alicyclic amines) is 1. The quantitative estimate of drug-likeness (QED) is 0.597. The third-order valence-corrected chi connectivity index (χ3v) is 2.99. The average Bonchev–Trinajstić information content (AvgIpc) is 1.81. The first-order valence-corrected chi connectivity index (χ1v) is 4.67. The molecule has 0 aromatic rings. The first-order chi connectivity index (χ1) is 5.76. The van der Waals surface area contributed by atoms with Crippen LogP contribution in [0.1, 0.15) is 26.2 Å². The van der Waals surface area contributed by atoms with E-state index in [1.165, 1.54) is 19.3 Å². The van der Waals surface area contributed by atoms with Gasteiger partial charge in [-0.3, -0.25) is 0 Å².